The van der Waals surface area contributed by atoms with Gasteiger partial charge in [-0.1, -0.05) is 63.4 Å². The third kappa shape index (κ3) is 8.10. The number of hydrogen-bond acceptors (Lipinski definition) is 6. The van der Waals surface area contributed by atoms with Gasteiger partial charge in [-0.25, -0.2) is 0 Å². The summed E-state index contributed by atoms with van der Waals surface area (Å²) in [5.74, 6) is 0.493. The highest BCUT2D eigenvalue weighted by Crippen LogP contribution is 2.32. The quantitative estimate of drug-likeness (QED) is 0.194. The molecule has 1 aliphatic rings. The van der Waals surface area contributed by atoms with Gasteiger partial charge < -0.3 is 20.1 Å². The molecule has 1 unspecified atom stereocenters. The molecule has 0 heterocycles. The van der Waals surface area contributed by atoms with Crippen LogP contribution in [0.25, 0.3) is 11.1 Å². The molecular formula is C31H41N3O3. The Hall–Kier alpha value is -3.30. The first-order chi connectivity index (χ1) is 18.1. The van der Waals surface area contributed by atoms with Crippen molar-refractivity contribution in [1.82, 2.24) is 5.32 Å². The van der Waals surface area contributed by atoms with Gasteiger partial charge in [0.15, 0.2) is 5.75 Å². The first kappa shape index (κ1) is 28.3. The number of allylic oxidation sites excluding steroid dienone is 1. The van der Waals surface area contributed by atoms with Crippen LogP contribution in [0.15, 0.2) is 53.7 Å². The number of nitriles is 1. The Morgan fingerprint density at radius 1 is 1.08 bits per heavy atom. The molecule has 0 radical (unpaired) electrons. The lowest BCUT2D eigenvalue weighted by Gasteiger charge is -2.30. The minimum Gasteiger partial charge on any atom is -0.427 e. The Labute approximate surface area is 222 Å². The van der Waals surface area contributed by atoms with Crippen LogP contribution in [0, 0.1) is 11.3 Å². The lowest BCUT2D eigenvalue weighted by Crippen LogP contribution is -2.37. The fraction of sp³-hybridized carbons (Fsp3) is 0.484. The van der Waals surface area contributed by atoms with E-state index in [0.29, 0.717) is 18.6 Å². The summed E-state index contributed by atoms with van der Waals surface area (Å²) in [4.78, 5) is 10.7. The van der Waals surface area contributed by atoms with Crippen LogP contribution in [0.2, 0.25) is 0 Å². The summed E-state index contributed by atoms with van der Waals surface area (Å²) < 4.78 is 11.3. The predicted octanol–water partition coefficient (Wildman–Crippen LogP) is 6.77. The maximum Gasteiger partial charge on any atom is 0.298 e. The molecule has 1 aliphatic carbocycles. The number of carbonyl (C=O) groups is 1. The van der Waals surface area contributed by atoms with E-state index >= 15 is 0 Å². The smallest absolute Gasteiger partial charge is 0.298 e. The van der Waals surface area contributed by atoms with Crippen LogP contribution >= 0.6 is 0 Å². The first-order valence-electron chi connectivity index (χ1n) is 13.6. The highest BCUT2D eigenvalue weighted by atomic mass is 16.5. The Balaban J connectivity index is 1.66. The Morgan fingerprint density at radius 2 is 1.84 bits per heavy atom. The van der Waals surface area contributed by atoms with Gasteiger partial charge in [-0.3, -0.25) is 4.79 Å². The van der Waals surface area contributed by atoms with E-state index in [1.54, 1.807) is 13.1 Å². The SMILES string of the molecule is CCCCCCO[C@@H](CC)C(NC(C#N)Cc1ccc(-c2ccc(OC=O)c(NC)c2)cc1)=C1CCC1. The predicted molar refractivity (Wildman–Crippen MR) is 149 cm³/mol. The van der Waals surface area contributed by atoms with Gasteiger partial charge in [-0.15, -0.1) is 0 Å². The van der Waals surface area contributed by atoms with Gasteiger partial charge in [-0.05, 0) is 66.5 Å². The Kier molecular flexibility index (Phi) is 11.5. The molecule has 2 N–H and O–H groups in total. The van der Waals surface area contributed by atoms with Crippen molar-refractivity contribution in [3.63, 3.8) is 0 Å². The van der Waals surface area contributed by atoms with Gasteiger partial charge in [0.25, 0.3) is 6.47 Å². The fourth-order valence-corrected chi connectivity index (χ4v) is 4.65. The van der Waals surface area contributed by atoms with Crippen molar-refractivity contribution in [2.24, 2.45) is 0 Å². The van der Waals surface area contributed by atoms with Crippen LogP contribution in [0.5, 0.6) is 5.75 Å². The van der Waals surface area contributed by atoms with Crippen LogP contribution in [0.1, 0.15) is 70.8 Å². The minimum absolute atomic E-state index is 0.0303. The maximum absolute atomic E-state index is 10.7. The summed E-state index contributed by atoms with van der Waals surface area (Å²) in [6, 6.07) is 16.1. The van der Waals surface area contributed by atoms with E-state index in [9.17, 15) is 10.1 Å². The van der Waals surface area contributed by atoms with Crippen LogP contribution in [0.4, 0.5) is 5.69 Å². The van der Waals surface area contributed by atoms with E-state index in [0.717, 1.165) is 60.4 Å². The van der Waals surface area contributed by atoms with Gasteiger partial charge in [0.05, 0.1) is 17.9 Å². The van der Waals surface area contributed by atoms with E-state index in [1.807, 2.05) is 12.1 Å². The van der Waals surface area contributed by atoms with Gasteiger partial charge >= 0.3 is 0 Å². The van der Waals surface area contributed by atoms with Crippen molar-refractivity contribution in [3.8, 4) is 22.9 Å². The third-order valence-corrected chi connectivity index (χ3v) is 6.98. The molecule has 0 amide bonds. The molecule has 0 bridgehead atoms. The highest BCUT2D eigenvalue weighted by molar-refractivity contribution is 5.73. The monoisotopic (exact) mass is 503 g/mol. The number of hydrogen-bond donors (Lipinski definition) is 2. The molecule has 0 aliphatic heterocycles. The van der Waals surface area contributed by atoms with Crippen LogP contribution in [-0.2, 0) is 16.0 Å². The molecular weight excluding hydrogens is 462 g/mol. The van der Waals surface area contributed by atoms with E-state index < -0.39 is 0 Å². The molecule has 0 aromatic heterocycles. The molecule has 3 rings (SSSR count). The van der Waals surface area contributed by atoms with Crippen molar-refractivity contribution < 1.29 is 14.3 Å². The van der Waals surface area contributed by atoms with Gasteiger partial charge in [0, 0.05) is 25.8 Å². The number of carbonyl (C=O) groups excluding carboxylic acids is 1. The Morgan fingerprint density at radius 3 is 2.43 bits per heavy atom. The van der Waals surface area contributed by atoms with Crippen molar-refractivity contribution in [1.29, 1.82) is 5.26 Å². The molecule has 0 saturated heterocycles. The van der Waals surface area contributed by atoms with Crippen LogP contribution in [0.3, 0.4) is 0 Å². The zero-order chi connectivity index (χ0) is 26.5. The number of rotatable bonds is 16. The second-order valence-electron chi connectivity index (χ2n) is 9.60. The Bertz CT molecular complexity index is 1070. The number of ether oxygens (including phenoxy) is 2. The van der Waals surface area contributed by atoms with Crippen LogP contribution in [-0.4, -0.2) is 32.3 Å². The van der Waals surface area contributed by atoms with E-state index in [2.05, 4.69) is 54.8 Å². The highest BCUT2D eigenvalue weighted by Gasteiger charge is 2.24. The van der Waals surface area contributed by atoms with E-state index in [-0.39, 0.29) is 12.1 Å². The number of unbranched alkanes of at least 4 members (excludes halogenated alkanes) is 3. The number of nitrogens with zero attached hydrogens (tertiary/aromatic N) is 1. The number of nitrogens with one attached hydrogen (secondary N) is 2. The average Bonchev–Trinajstić information content (AvgIpc) is 2.90. The minimum atomic E-state index is -0.317. The molecule has 2 aromatic rings. The third-order valence-electron chi connectivity index (χ3n) is 6.98. The molecule has 6 nitrogen and oxygen atoms in total. The molecule has 1 fully saturated rings. The van der Waals surface area contributed by atoms with E-state index in [4.69, 9.17) is 9.47 Å². The summed E-state index contributed by atoms with van der Waals surface area (Å²) in [7, 11) is 1.79. The summed E-state index contributed by atoms with van der Waals surface area (Å²) in [6.45, 7) is 5.58. The van der Waals surface area contributed by atoms with Gasteiger partial charge in [0.1, 0.15) is 6.04 Å². The summed E-state index contributed by atoms with van der Waals surface area (Å²) >= 11 is 0. The summed E-state index contributed by atoms with van der Waals surface area (Å²) in [6.07, 6.45) is 9.71. The maximum atomic E-state index is 10.7. The molecule has 2 atom stereocenters. The molecule has 198 valence electrons. The van der Waals surface area contributed by atoms with Crippen molar-refractivity contribution in [2.45, 2.75) is 83.8 Å². The molecule has 1 saturated carbocycles. The standard InChI is InChI=1S/C31H41N3O3/c1-4-6-7-8-18-36-29(5-2)31(25-10-9-11-25)34-27(21-32)19-23-12-14-24(15-13-23)26-16-17-30(37-22-35)28(20-26)33-3/h12-17,20,22,27,29,33-34H,4-11,18-19H2,1-3H3/t27?,29-/m0/s1. The fourth-order valence-electron chi connectivity index (χ4n) is 4.65. The molecule has 6 heteroatoms. The largest absolute Gasteiger partial charge is 0.427 e. The summed E-state index contributed by atoms with van der Waals surface area (Å²) in [5.41, 5.74) is 6.48. The van der Waals surface area contributed by atoms with Crippen molar-refractivity contribution in [2.75, 3.05) is 19.0 Å². The van der Waals surface area contributed by atoms with Gasteiger partial charge in [0.2, 0.25) is 0 Å². The van der Waals surface area contributed by atoms with Crippen molar-refractivity contribution in [3.05, 3.63) is 59.3 Å². The van der Waals surface area contributed by atoms with Crippen LogP contribution < -0.4 is 15.4 Å². The zero-order valence-corrected chi connectivity index (χ0v) is 22.5. The van der Waals surface area contributed by atoms with Crippen molar-refractivity contribution >= 4 is 12.2 Å². The second kappa shape index (κ2) is 15.1. The molecule has 0 spiro atoms. The normalized spacial score (nSPS) is 14.2. The summed E-state index contributed by atoms with van der Waals surface area (Å²) in [5, 5.41) is 16.6. The topological polar surface area (TPSA) is 83.4 Å². The number of benzene rings is 2. The molecule has 37 heavy (non-hydrogen) atoms. The average molecular weight is 504 g/mol. The second-order valence-corrected chi connectivity index (χ2v) is 9.60. The first-order valence-corrected chi connectivity index (χ1v) is 13.6. The molecule has 2 aromatic carbocycles. The zero-order valence-electron chi connectivity index (χ0n) is 22.5. The number of anilines is 1. The lowest BCUT2D eigenvalue weighted by atomic mass is 9.88. The lowest BCUT2D eigenvalue weighted by molar-refractivity contribution is -0.120. The van der Waals surface area contributed by atoms with Gasteiger partial charge in [-0.2, -0.15) is 5.26 Å². The van der Waals surface area contributed by atoms with E-state index in [1.165, 1.54) is 31.3 Å².